The van der Waals surface area contributed by atoms with E-state index in [1.807, 2.05) is 5.38 Å². The van der Waals surface area contributed by atoms with E-state index in [1.165, 1.54) is 47.7 Å². The van der Waals surface area contributed by atoms with E-state index < -0.39 is 16.7 Å². The zero-order valence-electron chi connectivity index (χ0n) is 16.3. The first kappa shape index (κ1) is 21.1. The van der Waals surface area contributed by atoms with Crippen LogP contribution in [-0.4, -0.2) is 37.9 Å². The third kappa shape index (κ3) is 4.44. The highest BCUT2D eigenvalue weighted by Gasteiger charge is 2.19. The molecule has 0 bridgehead atoms. The molecule has 2 heterocycles. The van der Waals surface area contributed by atoms with Gasteiger partial charge in [0.05, 0.1) is 10.6 Å². The molecule has 4 aromatic rings. The number of nitro groups is 1. The van der Waals surface area contributed by atoms with Gasteiger partial charge in [0.25, 0.3) is 5.69 Å². The zero-order chi connectivity index (χ0) is 22.7. The van der Waals surface area contributed by atoms with Crippen LogP contribution in [0, 0.1) is 15.9 Å². The molecule has 32 heavy (non-hydrogen) atoms. The van der Waals surface area contributed by atoms with Crippen LogP contribution in [0.1, 0.15) is 5.69 Å². The maximum Gasteiger partial charge on any atom is 0.313 e. The van der Waals surface area contributed by atoms with Crippen LogP contribution in [0.25, 0.3) is 16.3 Å². The maximum absolute atomic E-state index is 13.5. The number of thiazole rings is 1. The lowest BCUT2D eigenvalue weighted by Gasteiger charge is -2.06. The number of nitrogens with zero attached hydrogens (tertiary/aromatic N) is 4. The van der Waals surface area contributed by atoms with Gasteiger partial charge in [0.15, 0.2) is 5.82 Å². The van der Waals surface area contributed by atoms with Gasteiger partial charge >= 0.3 is 11.8 Å². The molecule has 2 amide bonds. The molecule has 4 rings (SSSR count). The van der Waals surface area contributed by atoms with Crippen LogP contribution in [0.5, 0.6) is 0 Å². The number of aromatic nitrogens is 3. The van der Waals surface area contributed by atoms with Gasteiger partial charge in [0, 0.05) is 30.0 Å². The number of carbonyl (C=O) groups excluding carboxylic acids is 2. The van der Waals surface area contributed by atoms with Crippen LogP contribution >= 0.6 is 11.3 Å². The molecule has 0 saturated carbocycles. The molecule has 2 N–H and O–H groups in total. The van der Waals surface area contributed by atoms with Crippen molar-refractivity contribution in [3.05, 3.63) is 75.5 Å². The van der Waals surface area contributed by atoms with Gasteiger partial charge in [-0.05, 0) is 18.2 Å². The second-order valence-electron chi connectivity index (χ2n) is 6.60. The Morgan fingerprint density at radius 3 is 2.75 bits per heavy atom. The fourth-order valence-corrected chi connectivity index (χ4v) is 3.80. The summed E-state index contributed by atoms with van der Waals surface area (Å²) in [5.41, 5.74) is 0.922. The lowest BCUT2D eigenvalue weighted by atomic mass is 10.2. The summed E-state index contributed by atoms with van der Waals surface area (Å²) in [6.07, 6.45) is 0.358. The molecule has 2 aromatic carbocycles. The first-order valence-electron chi connectivity index (χ1n) is 9.34. The Bertz CT molecular complexity index is 1330. The molecular weight excluding hydrogens is 439 g/mol. The second-order valence-corrected chi connectivity index (χ2v) is 7.44. The van der Waals surface area contributed by atoms with Crippen LogP contribution in [0.4, 0.5) is 15.8 Å². The summed E-state index contributed by atoms with van der Waals surface area (Å²) < 4.78 is 15.1. The first-order chi connectivity index (χ1) is 15.4. The second kappa shape index (κ2) is 8.89. The SMILES string of the molecule is O=C(NCCc1csc2nc(-c3cccc(F)c3)nn12)C(=O)Nc1ccccc1[N+](=O)[O-]. The zero-order valence-corrected chi connectivity index (χ0v) is 17.1. The van der Waals surface area contributed by atoms with Crippen molar-refractivity contribution >= 4 is 39.5 Å². The van der Waals surface area contributed by atoms with Crippen LogP contribution in [0.2, 0.25) is 0 Å². The van der Waals surface area contributed by atoms with Gasteiger partial charge in [-0.25, -0.2) is 8.91 Å². The van der Waals surface area contributed by atoms with Gasteiger partial charge in [-0.1, -0.05) is 24.3 Å². The number of halogens is 1. The van der Waals surface area contributed by atoms with E-state index in [9.17, 15) is 24.1 Å². The number of carbonyl (C=O) groups is 2. The van der Waals surface area contributed by atoms with E-state index >= 15 is 0 Å². The number of fused-ring (bicyclic) bond motifs is 1. The van der Waals surface area contributed by atoms with E-state index in [2.05, 4.69) is 20.7 Å². The molecule has 0 aliphatic heterocycles. The minimum absolute atomic E-state index is 0.0651. The number of rotatable bonds is 6. The Morgan fingerprint density at radius 2 is 1.97 bits per heavy atom. The van der Waals surface area contributed by atoms with Crippen molar-refractivity contribution in [2.24, 2.45) is 0 Å². The molecule has 10 nitrogen and oxygen atoms in total. The Balaban J connectivity index is 1.37. The number of hydrogen-bond donors (Lipinski definition) is 2. The van der Waals surface area contributed by atoms with Crippen molar-refractivity contribution < 1.29 is 18.9 Å². The molecule has 12 heteroatoms. The summed E-state index contributed by atoms with van der Waals surface area (Å²) >= 11 is 1.34. The molecule has 0 radical (unpaired) electrons. The van der Waals surface area contributed by atoms with Gasteiger partial charge in [0.2, 0.25) is 4.96 Å². The Labute approximate surface area is 183 Å². The molecule has 0 saturated heterocycles. The number of nitro benzene ring substituents is 1. The minimum Gasteiger partial charge on any atom is -0.347 e. The summed E-state index contributed by atoms with van der Waals surface area (Å²) in [5, 5.41) is 21.9. The van der Waals surface area contributed by atoms with Crippen molar-refractivity contribution in [2.45, 2.75) is 6.42 Å². The van der Waals surface area contributed by atoms with Gasteiger partial charge in [-0.2, -0.15) is 4.98 Å². The van der Waals surface area contributed by atoms with Crippen molar-refractivity contribution in [1.29, 1.82) is 0 Å². The van der Waals surface area contributed by atoms with Crippen LogP contribution in [0.15, 0.2) is 53.9 Å². The molecule has 0 unspecified atom stereocenters. The fourth-order valence-electron chi connectivity index (χ4n) is 2.95. The number of para-hydroxylation sites is 2. The van der Waals surface area contributed by atoms with Crippen LogP contribution in [0.3, 0.4) is 0 Å². The van der Waals surface area contributed by atoms with E-state index in [-0.39, 0.29) is 23.7 Å². The Hall–Kier alpha value is -4.19. The highest BCUT2D eigenvalue weighted by molar-refractivity contribution is 7.15. The van der Waals surface area contributed by atoms with Gasteiger partial charge in [0.1, 0.15) is 11.5 Å². The highest BCUT2D eigenvalue weighted by Crippen LogP contribution is 2.23. The predicted molar refractivity (Wildman–Crippen MR) is 115 cm³/mol. The fraction of sp³-hybridized carbons (Fsp3) is 0.100. The first-order valence-corrected chi connectivity index (χ1v) is 10.2. The van der Waals surface area contributed by atoms with Crippen molar-refractivity contribution in [3.8, 4) is 11.4 Å². The van der Waals surface area contributed by atoms with Crippen molar-refractivity contribution in [1.82, 2.24) is 19.9 Å². The van der Waals surface area contributed by atoms with Gasteiger partial charge in [-0.3, -0.25) is 19.7 Å². The summed E-state index contributed by atoms with van der Waals surface area (Å²) in [4.78, 5) is 39.5. The molecule has 0 atom stereocenters. The third-order valence-electron chi connectivity index (χ3n) is 4.45. The largest absolute Gasteiger partial charge is 0.347 e. The number of hydrogen-bond acceptors (Lipinski definition) is 7. The monoisotopic (exact) mass is 454 g/mol. The standard InChI is InChI=1S/C20H15FN6O4S/c21-13-5-3-4-12(10-13)17-24-20-26(25-17)14(11-32-20)8-9-22-18(28)19(29)23-15-6-1-2-7-16(15)27(30)31/h1-7,10-11H,8-9H2,(H,22,28)(H,23,29). The van der Waals surface area contributed by atoms with Gasteiger partial charge in [-0.15, -0.1) is 16.4 Å². The average molecular weight is 454 g/mol. The summed E-state index contributed by atoms with van der Waals surface area (Å²) in [6.45, 7) is 0.129. The van der Waals surface area contributed by atoms with Crippen molar-refractivity contribution in [2.75, 3.05) is 11.9 Å². The lowest BCUT2D eigenvalue weighted by molar-refractivity contribution is -0.383. The Morgan fingerprint density at radius 1 is 1.16 bits per heavy atom. The maximum atomic E-state index is 13.5. The molecule has 0 fully saturated rings. The summed E-state index contributed by atoms with van der Waals surface area (Å²) in [6, 6.07) is 11.5. The molecular formula is C20H15FN6O4S. The van der Waals surface area contributed by atoms with E-state index in [4.69, 9.17) is 0 Å². The normalized spacial score (nSPS) is 10.8. The smallest absolute Gasteiger partial charge is 0.313 e. The molecule has 2 aromatic heterocycles. The molecule has 162 valence electrons. The highest BCUT2D eigenvalue weighted by atomic mass is 32.1. The molecule has 0 aliphatic rings. The number of nitrogens with one attached hydrogen (secondary N) is 2. The lowest BCUT2D eigenvalue weighted by Crippen LogP contribution is -2.36. The summed E-state index contributed by atoms with van der Waals surface area (Å²) in [5.74, 6) is -1.94. The van der Waals surface area contributed by atoms with E-state index in [0.717, 1.165) is 5.69 Å². The van der Waals surface area contributed by atoms with Crippen LogP contribution in [-0.2, 0) is 16.0 Å². The average Bonchev–Trinajstić information content (AvgIpc) is 3.35. The molecule has 0 spiro atoms. The predicted octanol–water partition coefficient (Wildman–Crippen LogP) is 2.80. The number of anilines is 1. The van der Waals surface area contributed by atoms with E-state index in [1.54, 1.807) is 16.6 Å². The molecule has 0 aliphatic carbocycles. The quantitative estimate of drug-likeness (QED) is 0.262. The topological polar surface area (TPSA) is 132 Å². The van der Waals surface area contributed by atoms with Gasteiger partial charge < -0.3 is 10.6 Å². The Kier molecular flexibility index (Phi) is 5.85. The van der Waals surface area contributed by atoms with E-state index in [0.29, 0.717) is 22.8 Å². The third-order valence-corrected chi connectivity index (χ3v) is 5.32. The van der Waals surface area contributed by atoms with Crippen LogP contribution < -0.4 is 10.6 Å². The number of benzene rings is 2. The summed E-state index contributed by atoms with van der Waals surface area (Å²) in [7, 11) is 0. The minimum atomic E-state index is -1.01. The van der Waals surface area contributed by atoms with Crippen molar-refractivity contribution in [3.63, 3.8) is 0 Å². The number of amides is 2.